The number of nitrogens with one attached hydrogen (secondary N) is 2. The molecule has 1 aliphatic heterocycles. The zero-order valence-corrected chi connectivity index (χ0v) is 17.9. The molecular weight excluding hydrogens is 473 g/mol. The highest BCUT2D eigenvalue weighted by Gasteiger charge is 2.21. The lowest BCUT2D eigenvalue weighted by molar-refractivity contribution is -0.117. The maximum Gasteiger partial charge on any atom is 0.284 e. The molecule has 0 aliphatic carbocycles. The van der Waals surface area contributed by atoms with Crippen molar-refractivity contribution in [3.05, 3.63) is 53.5 Å². The minimum absolute atomic E-state index is 0. The average molecular weight is 497 g/mol. The number of furan rings is 1. The van der Waals surface area contributed by atoms with Gasteiger partial charge in [0.05, 0.1) is 6.54 Å². The number of benzene rings is 1. The van der Waals surface area contributed by atoms with E-state index in [4.69, 9.17) is 10.2 Å². The number of primary amides is 1. The van der Waals surface area contributed by atoms with E-state index in [0.29, 0.717) is 31.2 Å². The van der Waals surface area contributed by atoms with E-state index < -0.39 is 5.91 Å². The van der Waals surface area contributed by atoms with Gasteiger partial charge in [-0.2, -0.15) is 0 Å². The van der Waals surface area contributed by atoms with Gasteiger partial charge in [-0.15, -0.1) is 24.0 Å². The Morgan fingerprint density at radius 3 is 2.46 bits per heavy atom. The minimum atomic E-state index is -0.595. The number of amides is 2. The smallest absolute Gasteiger partial charge is 0.284 e. The lowest BCUT2D eigenvalue weighted by atomic mass is 10.2. The Bertz CT molecular complexity index is 848. The number of nitrogens with zero attached hydrogens (tertiary/aromatic N) is 2. The number of carbonyl (C=O) groups excluding carboxylic acids is 2. The molecule has 1 fully saturated rings. The number of hydrogen-bond donors (Lipinski definition) is 3. The van der Waals surface area contributed by atoms with Gasteiger partial charge in [-0.1, -0.05) is 12.1 Å². The van der Waals surface area contributed by atoms with Crippen LogP contribution in [0.2, 0.25) is 0 Å². The van der Waals surface area contributed by atoms with Crippen LogP contribution in [0, 0.1) is 0 Å². The monoisotopic (exact) mass is 497 g/mol. The van der Waals surface area contributed by atoms with E-state index in [1.54, 1.807) is 19.2 Å². The molecule has 4 N–H and O–H groups in total. The Labute approximate surface area is 180 Å². The highest BCUT2D eigenvalue weighted by atomic mass is 127. The van der Waals surface area contributed by atoms with Crippen LogP contribution in [0.15, 0.2) is 45.8 Å². The van der Waals surface area contributed by atoms with Crippen molar-refractivity contribution in [3.63, 3.8) is 0 Å². The summed E-state index contributed by atoms with van der Waals surface area (Å²) in [6.45, 7) is 1.75. The van der Waals surface area contributed by atoms with Crippen LogP contribution in [0.3, 0.4) is 0 Å². The highest BCUT2D eigenvalue weighted by Crippen LogP contribution is 2.21. The molecule has 1 aromatic heterocycles. The second-order valence-electron chi connectivity index (χ2n) is 6.22. The first-order valence-electron chi connectivity index (χ1n) is 8.79. The second-order valence-corrected chi connectivity index (χ2v) is 6.22. The molecule has 150 valence electrons. The van der Waals surface area contributed by atoms with E-state index in [9.17, 15) is 9.59 Å². The molecule has 3 rings (SSSR count). The van der Waals surface area contributed by atoms with Crippen molar-refractivity contribution in [2.45, 2.75) is 25.9 Å². The van der Waals surface area contributed by atoms with Gasteiger partial charge in [-0.25, -0.2) is 0 Å². The fourth-order valence-corrected chi connectivity index (χ4v) is 2.90. The number of nitrogens with two attached hydrogens (primary N) is 1. The Morgan fingerprint density at radius 2 is 1.89 bits per heavy atom. The summed E-state index contributed by atoms with van der Waals surface area (Å²) < 4.78 is 5.32. The van der Waals surface area contributed by atoms with Crippen LogP contribution in [0.1, 0.15) is 34.7 Å². The number of aliphatic imine (C=N–C) groups is 1. The molecule has 9 heteroatoms. The Balaban J connectivity index is 0.00000280. The van der Waals surface area contributed by atoms with E-state index in [1.165, 1.54) is 0 Å². The molecule has 1 aliphatic rings. The van der Waals surface area contributed by atoms with Crippen molar-refractivity contribution in [1.29, 1.82) is 0 Å². The number of halogens is 1. The van der Waals surface area contributed by atoms with Gasteiger partial charge in [0.2, 0.25) is 5.91 Å². The summed E-state index contributed by atoms with van der Waals surface area (Å²) in [5.74, 6) is 0.911. The van der Waals surface area contributed by atoms with Gasteiger partial charge in [-0.05, 0) is 36.2 Å². The predicted octanol–water partition coefficient (Wildman–Crippen LogP) is 1.99. The van der Waals surface area contributed by atoms with Gasteiger partial charge in [-0.3, -0.25) is 14.6 Å². The van der Waals surface area contributed by atoms with Gasteiger partial charge < -0.3 is 25.7 Å². The van der Waals surface area contributed by atoms with Gasteiger partial charge in [0.1, 0.15) is 5.76 Å². The predicted molar refractivity (Wildman–Crippen MR) is 118 cm³/mol. The second kappa shape index (κ2) is 10.1. The summed E-state index contributed by atoms with van der Waals surface area (Å²) in [6.07, 6.45) is 1.54. The Hall–Kier alpha value is -2.56. The maximum absolute atomic E-state index is 11.8. The summed E-state index contributed by atoms with van der Waals surface area (Å²) in [6, 6.07) is 11.1. The maximum atomic E-state index is 11.8. The Kier molecular flexibility index (Phi) is 7.85. The summed E-state index contributed by atoms with van der Waals surface area (Å²) in [5.41, 5.74) is 7.18. The normalized spacial score (nSPS) is 14.0. The summed E-state index contributed by atoms with van der Waals surface area (Å²) in [5, 5.41) is 6.32. The van der Waals surface area contributed by atoms with Gasteiger partial charge in [0, 0.05) is 32.2 Å². The lowest BCUT2D eigenvalue weighted by Crippen LogP contribution is -2.36. The number of anilines is 1. The van der Waals surface area contributed by atoms with E-state index in [0.717, 1.165) is 24.2 Å². The van der Waals surface area contributed by atoms with Crippen LogP contribution in [0.5, 0.6) is 0 Å². The van der Waals surface area contributed by atoms with Crippen LogP contribution in [-0.4, -0.2) is 31.4 Å². The third kappa shape index (κ3) is 5.47. The molecule has 1 aromatic carbocycles. The molecule has 2 heterocycles. The molecule has 0 unspecified atom stereocenters. The number of rotatable bonds is 6. The molecule has 0 radical (unpaired) electrons. The average Bonchev–Trinajstić information content (AvgIpc) is 3.31. The molecule has 8 nitrogen and oxygen atoms in total. The van der Waals surface area contributed by atoms with Crippen LogP contribution in [0.25, 0.3) is 0 Å². The first kappa shape index (κ1) is 21.7. The molecule has 2 aromatic rings. The van der Waals surface area contributed by atoms with Crippen LogP contribution in [-0.2, 0) is 17.9 Å². The number of hydrogen-bond acceptors (Lipinski definition) is 4. The van der Waals surface area contributed by atoms with E-state index in [2.05, 4.69) is 15.6 Å². The van der Waals surface area contributed by atoms with Crippen molar-refractivity contribution in [1.82, 2.24) is 10.6 Å². The third-order valence-electron chi connectivity index (χ3n) is 4.34. The standard InChI is InChI=1S/C19H23N5O3.HI/c1-21-19(23-12-15-8-9-16(27-15)18(20)26)22-11-13-4-6-14(7-5-13)24-10-2-3-17(24)25;/h4-9H,2-3,10-12H2,1H3,(H2,20,26)(H2,21,22,23);1H. The van der Waals surface area contributed by atoms with Crippen LogP contribution < -0.4 is 21.3 Å². The van der Waals surface area contributed by atoms with E-state index in [1.807, 2.05) is 29.2 Å². The van der Waals surface area contributed by atoms with Gasteiger partial charge in [0.25, 0.3) is 5.91 Å². The Morgan fingerprint density at radius 1 is 1.18 bits per heavy atom. The van der Waals surface area contributed by atoms with Crippen molar-refractivity contribution < 1.29 is 14.0 Å². The minimum Gasteiger partial charge on any atom is -0.454 e. The molecule has 0 saturated carbocycles. The largest absolute Gasteiger partial charge is 0.454 e. The lowest BCUT2D eigenvalue weighted by Gasteiger charge is -2.16. The van der Waals surface area contributed by atoms with Crippen molar-refractivity contribution >= 4 is 47.4 Å². The van der Waals surface area contributed by atoms with Crippen molar-refractivity contribution in [2.24, 2.45) is 10.7 Å². The molecule has 2 amide bonds. The zero-order chi connectivity index (χ0) is 19.2. The number of guanidine groups is 1. The molecule has 0 spiro atoms. The van der Waals surface area contributed by atoms with Gasteiger partial charge >= 0.3 is 0 Å². The molecule has 0 bridgehead atoms. The van der Waals surface area contributed by atoms with Crippen LogP contribution >= 0.6 is 24.0 Å². The number of carbonyl (C=O) groups is 2. The summed E-state index contributed by atoms with van der Waals surface area (Å²) >= 11 is 0. The van der Waals surface area contributed by atoms with Crippen molar-refractivity contribution in [3.8, 4) is 0 Å². The quantitative estimate of drug-likeness (QED) is 0.321. The molecule has 0 atom stereocenters. The highest BCUT2D eigenvalue weighted by molar-refractivity contribution is 14.0. The summed E-state index contributed by atoms with van der Waals surface area (Å²) in [7, 11) is 1.67. The first-order chi connectivity index (χ1) is 13.1. The van der Waals surface area contributed by atoms with Crippen LogP contribution in [0.4, 0.5) is 5.69 Å². The van der Waals surface area contributed by atoms with Crippen molar-refractivity contribution in [2.75, 3.05) is 18.5 Å². The fraction of sp³-hybridized carbons (Fsp3) is 0.316. The summed E-state index contributed by atoms with van der Waals surface area (Å²) in [4.78, 5) is 28.8. The van der Waals surface area contributed by atoms with E-state index in [-0.39, 0.29) is 35.6 Å². The van der Waals surface area contributed by atoms with E-state index >= 15 is 0 Å². The fourth-order valence-electron chi connectivity index (χ4n) is 2.90. The topological polar surface area (TPSA) is 113 Å². The molecule has 1 saturated heterocycles. The zero-order valence-electron chi connectivity index (χ0n) is 15.6. The first-order valence-corrected chi connectivity index (χ1v) is 8.79. The third-order valence-corrected chi connectivity index (χ3v) is 4.34. The van der Waals surface area contributed by atoms with Gasteiger partial charge in [0.15, 0.2) is 11.7 Å². The molecule has 28 heavy (non-hydrogen) atoms. The SMILES string of the molecule is CN=C(NCc1ccc(N2CCCC2=O)cc1)NCc1ccc(C(N)=O)o1.I. The molecular formula is C19H24IN5O3.